The number of furan rings is 1. The summed E-state index contributed by atoms with van der Waals surface area (Å²) in [6, 6.07) is 3.76. The summed E-state index contributed by atoms with van der Waals surface area (Å²) in [5.74, 6) is 1.32. The second kappa shape index (κ2) is 5.06. The molecule has 1 amide bonds. The normalized spacial score (nSPS) is 10.5. The summed E-state index contributed by atoms with van der Waals surface area (Å²) in [5.41, 5.74) is 1.70. The standard InChI is InChI=1S/C12H12BrNO2S/c1-7-3-10(8(2)16-7)12(15)14-5-9-4-11(13)17-6-9/h3-4,6H,5H2,1-2H3,(H,14,15). The molecule has 0 spiro atoms. The molecule has 2 rings (SSSR count). The summed E-state index contributed by atoms with van der Waals surface area (Å²) in [6.45, 7) is 4.16. The van der Waals surface area contributed by atoms with Crippen LogP contribution in [-0.2, 0) is 6.54 Å². The van der Waals surface area contributed by atoms with Gasteiger partial charge in [-0.25, -0.2) is 0 Å². The van der Waals surface area contributed by atoms with Gasteiger partial charge in [0, 0.05) is 6.54 Å². The molecule has 5 heteroatoms. The minimum absolute atomic E-state index is 0.0957. The number of thiophene rings is 1. The maximum absolute atomic E-state index is 11.9. The van der Waals surface area contributed by atoms with E-state index in [0.717, 1.165) is 15.1 Å². The van der Waals surface area contributed by atoms with Gasteiger partial charge in [-0.05, 0) is 52.9 Å². The van der Waals surface area contributed by atoms with Gasteiger partial charge in [-0.1, -0.05) is 0 Å². The molecule has 17 heavy (non-hydrogen) atoms. The van der Waals surface area contributed by atoms with Crippen molar-refractivity contribution >= 4 is 33.2 Å². The molecule has 2 aromatic heterocycles. The number of amides is 1. The predicted molar refractivity (Wildman–Crippen MR) is 71.4 cm³/mol. The molecule has 0 fully saturated rings. The molecule has 2 aromatic rings. The van der Waals surface area contributed by atoms with Gasteiger partial charge in [0.1, 0.15) is 11.5 Å². The monoisotopic (exact) mass is 313 g/mol. The van der Waals surface area contributed by atoms with Crippen molar-refractivity contribution in [3.63, 3.8) is 0 Å². The summed E-state index contributed by atoms with van der Waals surface area (Å²) in [5, 5.41) is 4.88. The van der Waals surface area contributed by atoms with Crippen LogP contribution < -0.4 is 5.32 Å². The number of halogens is 1. The molecule has 0 saturated heterocycles. The highest BCUT2D eigenvalue weighted by molar-refractivity contribution is 9.11. The van der Waals surface area contributed by atoms with E-state index in [1.165, 1.54) is 0 Å². The number of carbonyl (C=O) groups is 1. The summed E-state index contributed by atoms with van der Waals surface area (Å²) in [6.07, 6.45) is 0. The van der Waals surface area contributed by atoms with E-state index in [1.807, 2.05) is 18.4 Å². The first-order valence-corrected chi connectivity index (χ1v) is 6.81. The smallest absolute Gasteiger partial charge is 0.255 e. The molecule has 1 N–H and O–H groups in total. The highest BCUT2D eigenvalue weighted by Gasteiger charge is 2.13. The lowest BCUT2D eigenvalue weighted by Gasteiger charge is -2.01. The van der Waals surface area contributed by atoms with Gasteiger partial charge in [0.25, 0.3) is 5.91 Å². The Labute approximate surface area is 112 Å². The van der Waals surface area contributed by atoms with E-state index in [1.54, 1.807) is 24.3 Å². The van der Waals surface area contributed by atoms with Crippen LogP contribution >= 0.6 is 27.3 Å². The zero-order valence-corrected chi connectivity index (χ0v) is 11.9. The van der Waals surface area contributed by atoms with Crippen LogP contribution in [-0.4, -0.2) is 5.91 Å². The van der Waals surface area contributed by atoms with E-state index < -0.39 is 0 Å². The molecule has 0 radical (unpaired) electrons. The molecular formula is C12H12BrNO2S. The van der Waals surface area contributed by atoms with Gasteiger partial charge in [0.05, 0.1) is 9.35 Å². The number of hydrogen-bond donors (Lipinski definition) is 1. The Morgan fingerprint density at radius 2 is 2.24 bits per heavy atom. The minimum Gasteiger partial charge on any atom is -0.466 e. The van der Waals surface area contributed by atoms with Crippen LogP contribution in [0.25, 0.3) is 0 Å². The third-order valence-corrected chi connectivity index (χ3v) is 3.91. The molecule has 0 aliphatic rings. The van der Waals surface area contributed by atoms with E-state index in [-0.39, 0.29) is 5.91 Å². The Morgan fingerprint density at radius 1 is 1.47 bits per heavy atom. The van der Waals surface area contributed by atoms with Crippen LogP contribution in [0.1, 0.15) is 27.4 Å². The van der Waals surface area contributed by atoms with Gasteiger partial charge >= 0.3 is 0 Å². The second-order valence-corrected chi connectivity index (χ2v) is 6.06. The van der Waals surface area contributed by atoms with Crippen molar-refractivity contribution in [3.8, 4) is 0 Å². The SMILES string of the molecule is Cc1cc(C(=O)NCc2csc(Br)c2)c(C)o1. The average Bonchev–Trinajstić information content (AvgIpc) is 2.81. The van der Waals surface area contributed by atoms with Crippen molar-refractivity contribution in [2.24, 2.45) is 0 Å². The molecule has 0 bridgehead atoms. The lowest BCUT2D eigenvalue weighted by Crippen LogP contribution is -2.22. The Balaban J connectivity index is 2.00. The maximum Gasteiger partial charge on any atom is 0.255 e. The van der Waals surface area contributed by atoms with Gasteiger partial charge in [-0.15, -0.1) is 11.3 Å². The molecule has 0 unspecified atom stereocenters. The van der Waals surface area contributed by atoms with Gasteiger partial charge < -0.3 is 9.73 Å². The highest BCUT2D eigenvalue weighted by Crippen LogP contribution is 2.20. The van der Waals surface area contributed by atoms with Crippen LogP contribution in [0.3, 0.4) is 0 Å². The average molecular weight is 314 g/mol. The number of nitrogens with one attached hydrogen (secondary N) is 1. The van der Waals surface area contributed by atoms with Gasteiger partial charge in [-0.3, -0.25) is 4.79 Å². The lowest BCUT2D eigenvalue weighted by molar-refractivity contribution is 0.0949. The molecule has 0 aromatic carbocycles. The van der Waals surface area contributed by atoms with Crippen LogP contribution in [0.15, 0.2) is 25.7 Å². The fourth-order valence-corrected chi connectivity index (χ4v) is 2.78. The van der Waals surface area contributed by atoms with Crippen molar-refractivity contribution in [2.45, 2.75) is 20.4 Å². The third-order valence-electron chi connectivity index (χ3n) is 2.36. The lowest BCUT2D eigenvalue weighted by atomic mass is 10.2. The van der Waals surface area contributed by atoms with Gasteiger partial charge in [0.15, 0.2) is 0 Å². The Hall–Kier alpha value is -1.07. The fraction of sp³-hybridized carbons (Fsp3) is 0.250. The quantitative estimate of drug-likeness (QED) is 0.939. The number of hydrogen-bond acceptors (Lipinski definition) is 3. The molecule has 90 valence electrons. The van der Waals surface area contributed by atoms with Crippen molar-refractivity contribution in [3.05, 3.63) is 43.9 Å². The van der Waals surface area contributed by atoms with E-state index in [2.05, 4.69) is 21.2 Å². The molecule has 0 saturated carbocycles. The molecule has 0 aliphatic carbocycles. The summed E-state index contributed by atoms with van der Waals surface area (Å²) in [7, 11) is 0. The van der Waals surface area contributed by atoms with E-state index in [4.69, 9.17) is 4.42 Å². The zero-order valence-electron chi connectivity index (χ0n) is 9.54. The topological polar surface area (TPSA) is 42.2 Å². The second-order valence-electron chi connectivity index (χ2n) is 3.77. The molecule has 2 heterocycles. The van der Waals surface area contributed by atoms with E-state index >= 15 is 0 Å². The zero-order chi connectivity index (χ0) is 12.4. The summed E-state index contributed by atoms with van der Waals surface area (Å²) < 4.78 is 6.39. The first-order valence-electron chi connectivity index (χ1n) is 5.14. The van der Waals surface area contributed by atoms with Crippen molar-refractivity contribution in [1.29, 1.82) is 0 Å². The Bertz CT molecular complexity index is 544. The molecular weight excluding hydrogens is 302 g/mol. The maximum atomic E-state index is 11.9. The third kappa shape index (κ3) is 2.98. The molecule has 0 atom stereocenters. The Morgan fingerprint density at radius 3 is 2.76 bits per heavy atom. The fourth-order valence-electron chi connectivity index (χ4n) is 1.57. The van der Waals surface area contributed by atoms with Crippen molar-refractivity contribution in [2.75, 3.05) is 0 Å². The highest BCUT2D eigenvalue weighted by atomic mass is 79.9. The van der Waals surface area contributed by atoms with Gasteiger partial charge in [0.2, 0.25) is 0 Å². The van der Waals surface area contributed by atoms with Crippen LogP contribution in [0.5, 0.6) is 0 Å². The minimum atomic E-state index is -0.0957. The van der Waals surface area contributed by atoms with Crippen LogP contribution in [0.4, 0.5) is 0 Å². The number of carbonyl (C=O) groups excluding carboxylic acids is 1. The first-order chi connectivity index (χ1) is 8.06. The van der Waals surface area contributed by atoms with E-state index in [9.17, 15) is 4.79 Å². The number of rotatable bonds is 3. The van der Waals surface area contributed by atoms with Crippen LogP contribution in [0.2, 0.25) is 0 Å². The molecule has 0 aliphatic heterocycles. The molecule has 3 nitrogen and oxygen atoms in total. The van der Waals surface area contributed by atoms with Gasteiger partial charge in [-0.2, -0.15) is 0 Å². The van der Waals surface area contributed by atoms with Crippen molar-refractivity contribution in [1.82, 2.24) is 5.32 Å². The van der Waals surface area contributed by atoms with Crippen molar-refractivity contribution < 1.29 is 9.21 Å². The predicted octanol–water partition coefficient (Wildman–Crippen LogP) is 3.65. The largest absolute Gasteiger partial charge is 0.466 e. The number of aryl methyl sites for hydroxylation is 2. The Kier molecular flexibility index (Phi) is 3.69. The first kappa shape index (κ1) is 12.4. The summed E-state index contributed by atoms with van der Waals surface area (Å²) in [4.78, 5) is 11.9. The van der Waals surface area contributed by atoms with E-state index in [0.29, 0.717) is 17.9 Å². The summed E-state index contributed by atoms with van der Waals surface area (Å²) >= 11 is 5.00. The van der Waals surface area contributed by atoms with Crippen LogP contribution in [0, 0.1) is 13.8 Å².